The molecule has 0 fully saturated rings. The molecule has 0 nitrogen and oxygen atoms in total. The molecule has 0 amide bonds. The molecule has 0 spiro atoms. The first-order valence-corrected chi connectivity index (χ1v) is 7.37. The average molecular weight is 251 g/mol. The van der Waals surface area contributed by atoms with E-state index in [1.165, 1.54) is 0 Å². The molecule has 0 saturated heterocycles. The summed E-state index contributed by atoms with van der Waals surface area (Å²) in [7, 11) is 11.4. The van der Waals surface area contributed by atoms with Crippen LogP contribution in [0, 0.1) is 0 Å². The number of halogens is 2. The van der Waals surface area contributed by atoms with Crippen LogP contribution in [0.15, 0.2) is 30.3 Å². The van der Waals surface area contributed by atoms with Crippen molar-refractivity contribution in [3.05, 3.63) is 30.3 Å². The molecule has 0 aliphatic carbocycles. The van der Waals surface area contributed by atoms with Crippen LogP contribution in [0.4, 0.5) is 0 Å². The van der Waals surface area contributed by atoms with E-state index in [2.05, 4.69) is 0 Å². The Hall–Kier alpha value is 0.423. The molecule has 1 aromatic rings. The molecule has 9 heavy (non-hydrogen) atoms. The van der Waals surface area contributed by atoms with Crippen LogP contribution in [-0.4, -0.2) is 0 Å². The van der Waals surface area contributed by atoms with Gasteiger partial charge in [-0.3, -0.25) is 0 Å². The minimum absolute atomic E-state index is 1.08. The molecular weight excluding hydrogens is 246 g/mol. The van der Waals surface area contributed by atoms with Crippen molar-refractivity contribution in [2.45, 2.75) is 0 Å². The Bertz CT molecular complexity index is 174. The van der Waals surface area contributed by atoms with Crippen LogP contribution in [0.1, 0.15) is 0 Å². The Labute approximate surface area is 67.8 Å². The van der Waals surface area contributed by atoms with Gasteiger partial charge in [0.05, 0.1) is 0 Å². The molecule has 52 valence electrons. The van der Waals surface area contributed by atoms with Gasteiger partial charge in [-0.05, 0) is 0 Å². The molecule has 3 heteroatoms. The SMILES string of the molecule is [Cl][Rh]([Cl])[c]1ccccc1. The van der Waals surface area contributed by atoms with Gasteiger partial charge >= 0.3 is 67.8 Å². The third kappa shape index (κ3) is 2.25. The van der Waals surface area contributed by atoms with Crippen molar-refractivity contribution < 1.29 is 14.0 Å². The molecule has 0 radical (unpaired) electrons. The maximum atomic E-state index is 5.70. The average Bonchev–Trinajstić information content (AvgIpc) is 1.90. The van der Waals surface area contributed by atoms with Crippen LogP contribution in [-0.2, 0) is 14.0 Å². The first-order valence-electron chi connectivity index (χ1n) is 2.33. The zero-order valence-corrected chi connectivity index (χ0v) is 7.63. The van der Waals surface area contributed by atoms with E-state index in [9.17, 15) is 0 Å². The normalized spacial score (nSPS) is 11.1. The van der Waals surface area contributed by atoms with Gasteiger partial charge in [0.2, 0.25) is 0 Å². The Balaban J connectivity index is 2.85. The number of hydrogen-bond donors (Lipinski definition) is 0. The summed E-state index contributed by atoms with van der Waals surface area (Å²) in [5.74, 6) is 0. The van der Waals surface area contributed by atoms with Crippen LogP contribution < -0.4 is 4.16 Å². The molecular formula is C6H5Cl2Rh. The molecule has 0 bridgehead atoms. The maximum absolute atomic E-state index is 5.70. The van der Waals surface area contributed by atoms with Crippen LogP contribution >= 0.6 is 19.4 Å². The number of rotatable bonds is 1. The van der Waals surface area contributed by atoms with Crippen LogP contribution in [0.25, 0.3) is 0 Å². The zero-order valence-electron chi connectivity index (χ0n) is 4.48. The molecule has 0 saturated carbocycles. The van der Waals surface area contributed by atoms with E-state index in [4.69, 9.17) is 19.4 Å². The van der Waals surface area contributed by atoms with E-state index in [1.54, 1.807) is 0 Å². The summed E-state index contributed by atoms with van der Waals surface area (Å²) in [5.41, 5.74) is 0. The summed E-state index contributed by atoms with van der Waals surface area (Å²) in [6.45, 7) is 0. The second-order valence-corrected chi connectivity index (χ2v) is 6.99. The summed E-state index contributed by atoms with van der Waals surface area (Å²) in [5, 5.41) is 0. The molecule has 1 aromatic carbocycles. The molecule has 0 unspecified atom stereocenters. The van der Waals surface area contributed by atoms with Crippen molar-refractivity contribution in [3.8, 4) is 0 Å². The molecule has 0 aliphatic rings. The molecule has 0 atom stereocenters. The third-order valence-corrected chi connectivity index (χ3v) is 3.85. The van der Waals surface area contributed by atoms with Gasteiger partial charge in [0.25, 0.3) is 0 Å². The van der Waals surface area contributed by atoms with Gasteiger partial charge in [0.15, 0.2) is 0 Å². The molecule has 0 heterocycles. The molecule has 0 aliphatic heterocycles. The van der Waals surface area contributed by atoms with Gasteiger partial charge in [-0.1, -0.05) is 0 Å². The minimum atomic E-state index is -1.51. The standard InChI is InChI=1S/C6H5.2ClH.Rh/c1-2-4-6-5-3-1;;;/h1-5H;2*1H;/q;;;+2/p-2. The second kappa shape index (κ2) is 3.56. The van der Waals surface area contributed by atoms with E-state index in [-0.39, 0.29) is 0 Å². The predicted molar refractivity (Wildman–Crippen MR) is 37.8 cm³/mol. The van der Waals surface area contributed by atoms with E-state index >= 15 is 0 Å². The Morgan fingerprint density at radius 1 is 1.00 bits per heavy atom. The summed E-state index contributed by atoms with van der Waals surface area (Å²) >= 11 is -1.51. The van der Waals surface area contributed by atoms with Gasteiger partial charge in [-0.2, -0.15) is 0 Å². The topological polar surface area (TPSA) is 0 Å². The van der Waals surface area contributed by atoms with Crippen molar-refractivity contribution in [2.75, 3.05) is 0 Å². The predicted octanol–water partition coefficient (Wildman–Crippen LogP) is 2.24. The van der Waals surface area contributed by atoms with Crippen molar-refractivity contribution >= 4 is 23.5 Å². The van der Waals surface area contributed by atoms with Gasteiger partial charge in [-0.25, -0.2) is 0 Å². The summed E-state index contributed by atoms with van der Waals surface area (Å²) in [6, 6.07) is 9.74. The zero-order chi connectivity index (χ0) is 6.69. The summed E-state index contributed by atoms with van der Waals surface area (Å²) in [4.78, 5) is 0. The fourth-order valence-electron chi connectivity index (χ4n) is 0.490. The van der Waals surface area contributed by atoms with Gasteiger partial charge < -0.3 is 0 Å². The van der Waals surface area contributed by atoms with Crippen LogP contribution in [0.5, 0.6) is 0 Å². The summed E-state index contributed by atoms with van der Waals surface area (Å²) in [6.07, 6.45) is 0. The first-order chi connectivity index (χ1) is 4.30. The third-order valence-electron chi connectivity index (χ3n) is 0.864. The van der Waals surface area contributed by atoms with Crippen molar-refractivity contribution in [3.63, 3.8) is 0 Å². The van der Waals surface area contributed by atoms with E-state index in [1.807, 2.05) is 30.3 Å². The van der Waals surface area contributed by atoms with Crippen molar-refractivity contribution in [2.24, 2.45) is 0 Å². The van der Waals surface area contributed by atoms with Gasteiger partial charge in [0.1, 0.15) is 0 Å². The van der Waals surface area contributed by atoms with Gasteiger partial charge in [-0.15, -0.1) is 0 Å². The molecule has 0 N–H and O–H groups in total. The number of benzene rings is 1. The van der Waals surface area contributed by atoms with Crippen LogP contribution in [0.3, 0.4) is 0 Å². The fraction of sp³-hybridized carbons (Fsp3) is 0. The Kier molecular flexibility index (Phi) is 2.98. The van der Waals surface area contributed by atoms with E-state index in [0.717, 1.165) is 4.16 Å². The van der Waals surface area contributed by atoms with Crippen molar-refractivity contribution in [1.29, 1.82) is 0 Å². The number of hydrogen-bond acceptors (Lipinski definition) is 0. The Morgan fingerprint density at radius 3 is 1.89 bits per heavy atom. The first kappa shape index (κ1) is 7.53. The van der Waals surface area contributed by atoms with E-state index in [0.29, 0.717) is 0 Å². The quantitative estimate of drug-likeness (QED) is 0.671. The monoisotopic (exact) mass is 250 g/mol. The molecule has 1 rings (SSSR count). The van der Waals surface area contributed by atoms with Gasteiger partial charge in [0, 0.05) is 0 Å². The second-order valence-electron chi connectivity index (χ2n) is 1.44. The van der Waals surface area contributed by atoms with Crippen molar-refractivity contribution in [1.82, 2.24) is 0 Å². The van der Waals surface area contributed by atoms with Crippen LogP contribution in [0.2, 0.25) is 0 Å². The summed E-state index contributed by atoms with van der Waals surface area (Å²) < 4.78 is 1.08. The Morgan fingerprint density at radius 2 is 1.56 bits per heavy atom. The fourth-order valence-corrected chi connectivity index (χ4v) is 2.21. The van der Waals surface area contributed by atoms with E-state index < -0.39 is 14.0 Å². The molecule has 0 aromatic heterocycles.